The standard InChI is InChI=1S/C17H14N2O3/c1-22-12-8-6-11(7-9-12)19-16-13-4-2-3-5-15(13)18-10-14(16)17(20)21/h2-10H,1H3,(H,18,19)(H,20,21). The number of nitrogens with one attached hydrogen (secondary N) is 1. The number of methoxy groups -OCH3 is 1. The summed E-state index contributed by atoms with van der Waals surface area (Å²) in [7, 11) is 1.60. The molecule has 5 heteroatoms. The zero-order valence-electron chi connectivity index (χ0n) is 11.9. The van der Waals surface area contributed by atoms with Gasteiger partial charge in [0.2, 0.25) is 0 Å². The van der Waals surface area contributed by atoms with Gasteiger partial charge >= 0.3 is 5.97 Å². The number of anilines is 2. The lowest BCUT2D eigenvalue weighted by Crippen LogP contribution is -2.04. The minimum atomic E-state index is -1.02. The Morgan fingerprint density at radius 1 is 1.14 bits per heavy atom. The summed E-state index contributed by atoms with van der Waals surface area (Å²) in [6.45, 7) is 0. The molecular weight excluding hydrogens is 280 g/mol. The molecule has 22 heavy (non-hydrogen) atoms. The fourth-order valence-corrected chi connectivity index (χ4v) is 2.26. The predicted molar refractivity (Wildman–Crippen MR) is 85.0 cm³/mol. The molecule has 0 radical (unpaired) electrons. The van der Waals surface area contributed by atoms with Crippen molar-refractivity contribution in [2.45, 2.75) is 0 Å². The van der Waals surface area contributed by atoms with Crippen LogP contribution in [-0.4, -0.2) is 23.2 Å². The van der Waals surface area contributed by atoms with Gasteiger partial charge in [-0.05, 0) is 30.3 Å². The first-order valence-electron chi connectivity index (χ1n) is 6.71. The summed E-state index contributed by atoms with van der Waals surface area (Å²) in [5.41, 5.74) is 2.18. The fraction of sp³-hybridized carbons (Fsp3) is 0.0588. The van der Waals surface area contributed by atoms with Crippen molar-refractivity contribution >= 4 is 28.2 Å². The molecule has 0 bridgehead atoms. The summed E-state index contributed by atoms with van der Waals surface area (Å²) in [6, 6.07) is 14.7. The van der Waals surface area contributed by atoms with E-state index in [0.29, 0.717) is 5.69 Å². The van der Waals surface area contributed by atoms with Gasteiger partial charge in [-0.3, -0.25) is 4.98 Å². The normalized spacial score (nSPS) is 10.4. The third-order valence-corrected chi connectivity index (χ3v) is 3.37. The van der Waals surface area contributed by atoms with Gasteiger partial charge in [0, 0.05) is 17.3 Å². The molecule has 0 aliphatic heterocycles. The summed E-state index contributed by atoms with van der Waals surface area (Å²) in [6.07, 6.45) is 1.37. The third kappa shape index (κ3) is 2.56. The number of hydrogen-bond donors (Lipinski definition) is 2. The Bertz CT molecular complexity index is 829. The van der Waals surface area contributed by atoms with Crippen LogP contribution < -0.4 is 10.1 Å². The minimum Gasteiger partial charge on any atom is -0.497 e. The zero-order valence-corrected chi connectivity index (χ0v) is 11.9. The van der Waals surface area contributed by atoms with Crippen molar-refractivity contribution in [2.75, 3.05) is 12.4 Å². The number of nitrogens with zero attached hydrogens (tertiary/aromatic N) is 1. The number of carboxylic acid groups (broad SMARTS) is 1. The average Bonchev–Trinajstić information content (AvgIpc) is 2.55. The Morgan fingerprint density at radius 3 is 2.55 bits per heavy atom. The lowest BCUT2D eigenvalue weighted by Gasteiger charge is -2.13. The van der Waals surface area contributed by atoms with Crippen LogP contribution in [0.2, 0.25) is 0 Å². The molecule has 0 fully saturated rings. The lowest BCUT2D eigenvalue weighted by atomic mass is 10.1. The van der Waals surface area contributed by atoms with Gasteiger partial charge in [-0.2, -0.15) is 0 Å². The van der Waals surface area contributed by atoms with Gasteiger partial charge in [-0.1, -0.05) is 18.2 Å². The molecule has 0 saturated carbocycles. The van der Waals surface area contributed by atoms with Crippen molar-refractivity contribution in [3.63, 3.8) is 0 Å². The molecule has 3 aromatic rings. The highest BCUT2D eigenvalue weighted by Gasteiger charge is 2.14. The van der Waals surface area contributed by atoms with Crippen LogP contribution in [0.25, 0.3) is 10.9 Å². The topological polar surface area (TPSA) is 71.5 Å². The number of rotatable bonds is 4. The second-order valence-corrected chi connectivity index (χ2v) is 4.72. The molecule has 110 valence electrons. The molecule has 2 N–H and O–H groups in total. The highest BCUT2D eigenvalue weighted by atomic mass is 16.5. The first-order chi connectivity index (χ1) is 10.7. The van der Waals surface area contributed by atoms with E-state index in [9.17, 15) is 9.90 Å². The van der Waals surface area contributed by atoms with Crippen LogP contribution in [0.4, 0.5) is 11.4 Å². The summed E-state index contributed by atoms with van der Waals surface area (Å²) < 4.78 is 5.12. The molecule has 0 spiro atoms. The first-order valence-corrected chi connectivity index (χ1v) is 6.71. The van der Waals surface area contributed by atoms with Crippen molar-refractivity contribution in [3.05, 3.63) is 60.3 Å². The van der Waals surface area contributed by atoms with Gasteiger partial charge in [-0.15, -0.1) is 0 Å². The second-order valence-electron chi connectivity index (χ2n) is 4.72. The molecule has 3 rings (SSSR count). The number of hydrogen-bond acceptors (Lipinski definition) is 4. The number of fused-ring (bicyclic) bond motifs is 1. The maximum Gasteiger partial charge on any atom is 0.339 e. The summed E-state index contributed by atoms with van der Waals surface area (Å²) in [5, 5.41) is 13.3. The van der Waals surface area contributed by atoms with Crippen LogP contribution in [0.3, 0.4) is 0 Å². The number of carbonyl (C=O) groups is 1. The predicted octanol–water partition coefficient (Wildman–Crippen LogP) is 3.69. The van der Waals surface area contributed by atoms with Crippen molar-refractivity contribution in [3.8, 4) is 5.75 Å². The Morgan fingerprint density at radius 2 is 1.86 bits per heavy atom. The molecular formula is C17H14N2O3. The van der Waals surface area contributed by atoms with E-state index in [2.05, 4.69) is 10.3 Å². The number of carboxylic acids is 1. The molecule has 0 atom stereocenters. The van der Waals surface area contributed by atoms with Crippen LogP contribution in [0.5, 0.6) is 5.75 Å². The molecule has 0 unspecified atom stereocenters. The fourth-order valence-electron chi connectivity index (χ4n) is 2.26. The van der Waals surface area contributed by atoms with Crippen molar-refractivity contribution in [1.82, 2.24) is 4.98 Å². The largest absolute Gasteiger partial charge is 0.497 e. The number of aromatic nitrogens is 1. The third-order valence-electron chi connectivity index (χ3n) is 3.37. The van der Waals surface area contributed by atoms with Crippen LogP contribution in [-0.2, 0) is 0 Å². The second kappa shape index (κ2) is 5.73. The van der Waals surface area contributed by atoms with Gasteiger partial charge in [0.05, 0.1) is 18.3 Å². The van der Waals surface area contributed by atoms with E-state index in [1.54, 1.807) is 7.11 Å². The monoisotopic (exact) mass is 294 g/mol. The minimum absolute atomic E-state index is 0.134. The Hall–Kier alpha value is -3.08. The number of para-hydroxylation sites is 1. The smallest absolute Gasteiger partial charge is 0.339 e. The van der Waals surface area contributed by atoms with E-state index >= 15 is 0 Å². The molecule has 0 aliphatic rings. The van der Waals surface area contributed by atoms with Gasteiger partial charge in [0.1, 0.15) is 11.3 Å². The average molecular weight is 294 g/mol. The van der Waals surface area contributed by atoms with E-state index in [1.165, 1.54) is 6.20 Å². The Balaban J connectivity index is 2.10. The lowest BCUT2D eigenvalue weighted by molar-refractivity contribution is 0.0697. The van der Waals surface area contributed by atoms with E-state index < -0.39 is 5.97 Å². The van der Waals surface area contributed by atoms with E-state index in [-0.39, 0.29) is 5.56 Å². The quantitative estimate of drug-likeness (QED) is 0.768. The molecule has 0 aliphatic carbocycles. The highest BCUT2D eigenvalue weighted by Crippen LogP contribution is 2.29. The van der Waals surface area contributed by atoms with Crippen molar-refractivity contribution in [1.29, 1.82) is 0 Å². The van der Waals surface area contributed by atoms with Crippen LogP contribution in [0.1, 0.15) is 10.4 Å². The van der Waals surface area contributed by atoms with Crippen molar-refractivity contribution in [2.24, 2.45) is 0 Å². The van der Waals surface area contributed by atoms with Crippen LogP contribution in [0, 0.1) is 0 Å². The van der Waals surface area contributed by atoms with Crippen LogP contribution >= 0.6 is 0 Å². The van der Waals surface area contributed by atoms with E-state index in [0.717, 1.165) is 22.3 Å². The molecule has 0 amide bonds. The molecule has 5 nitrogen and oxygen atoms in total. The zero-order chi connectivity index (χ0) is 15.5. The maximum absolute atomic E-state index is 11.5. The highest BCUT2D eigenvalue weighted by molar-refractivity contribution is 6.05. The van der Waals surface area contributed by atoms with Gasteiger partial charge < -0.3 is 15.2 Å². The number of ether oxygens (including phenoxy) is 1. The summed E-state index contributed by atoms with van der Waals surface area (Å²) in [4.78, 5) is 15.6. The molecule has 0 saturated heterocycles. The SMILES string of the molecule is COc1ccc(Nc2c(C(=O)O)cnc3ccccc23)cc1. The number of pyridine rings is 1. The van der Waals surface area contributed by atoms with Gasteiger partial charge in [0.15, 0.2) is 0 Å². The molecule has 2 aromatic carbocycles. The van der Waals surface area contributed by atoms with Gasteiger partial charge in [0.25, 0.3) is 0 Å². The summed E-state index contributed by atoms with van der Waals surface area (Å²) >= 11 is 0. The van der Waals surface area contributed by atoms with Gasteiger partial charge in [-0.25, -0.2) is 4.79 Å². The van der Waals surface area contributed by atoms with E-state index in [4.69, 9.17) is 4.74 Å². The maximum atomic E-state index is 11.5. The molecule has 1 heterocycles. The molecule has 1 aromatic heterocycles. The Labute approximate surface area is 127 Å². The van der Waals surface area contributed by atoms with E-state index in [1.807, 2.05) is 48.5 Å². The summed E-state index contributed by atoms with van der Waals surface area (Å²) in [5.74, 6) is -0.280. The Kier molecular flexibility index (Phi) is 3.62. The number of benzene rings is 2. The first kappa shape index (κ1) is 13.9. The van der Waals surface area contributed by atoms with Crippen molar-refractivity contribution < 1.29 is 14.6 Å². The van der Waals surface area contributed by atoms with Crippen LogP contribution in [0.15, 0.2) is 54.7 Å². The number of aromatic carboxylic acids is 1.